The second-order valence-electron chi connectivity index (χ2n) is 5.99. The fourth-order valence-corrected chi connectivity index (χ4v) is 2.63. The fraction of sp³-hybridized carbons (Fsp3) is 0.211. The molecule has 0 fully saturated rings. The number of carboxylic acid groups (broad SMARTS) is 1. The first kappa shape index (κ1) is 21.1. The van der Waals surface area contributed by atoms with E-state index in [0.29, 0.717) is 6.07 Å². The number of nitrogens with one attached hydrogen (secondary N) is 2. The van der Waals surface area contributed by atoms with Gasteiger partial charge in [0.25, 0.3) is 0 Å². The molecule has 0 saturated carbocycles. The van der Waals surface area contributed by atoms with Crippen molar-refractivity contribution in [1.82, 2.24) is 0 Å². The van der Waals surface area contributed by atoms with Crippen LogP contribution in [0.15, 0.2) is 30.3 Å². The topological polar surface area (TPSA) is 90.2 Å². The first-order valence-electron chi connectivity index (χ1n) is 8.18. The molecule has 0 saturated heterocycles. The molecule has 2 rings (SSSR count). The van der Waals surface area contributed by atoms with Crippen molar-refractivity contribution in [2.75, 3.05) is 5.32 Å². The van der Waals surface area contributed by atoms with E-state index in [-0.39, 0.29) is 12.0 Å². The first-order valence-corrected chi connectivity index (χ1v) is 8.18. The van der Waals surface area contributed by atoms with Crippen molar-refractivity contribution in [3.05, 3.63) is 64.7 Å². The quantitative estimate of drug-likeness (QED) is 0.279. The second kappa shape index (κ2) is 8.64. The highest BCUT2D eigenvalue weighted by Crippen LogP contribution is 2.27. The Hall–Kier alpha value is -3.23. The van der Waals surface area contributed by atoms with Gasteiger partial charge in [0.2, 0.25) is 0 Å². The van der Waals surface area contributed by atoms with Crippen LogP contribution in [0.25, 0.3) is 0 Å². The SMILES string of the molecule is CCC(C(=O)O)c1cc(F)c(NC(=N)CC(=O)c2ccc(F)cc2F)c(F)c1. The lowest BCUT2D eigenvalue weighted by Gasteiger charge is -2.14. The van der Waals surface area contributed by atoms with E-state index in [4.69, 9.17) is 10.5 Å². The van der Waals surface area contributed by atoms with Gasteiger partial charge in [0.1, 0.15) is 34.8 Å². The summed E-state index contributed by atoms with van der Waals surface area (Å²) in [6.07, 6.45) is -0.593. The van der Waals surface area contributed by atoms with Crippen molar-refractivity contribution in [2.24, 2.45) is 0 Å². The molecule has 3 N–H and O–H groups in total. The van der Waals surface area contributed by atoms with Gasteiger partial charge < -0.3 is 10.4 Å². The monoisotopic (exact) mass is 396 g/mol. The lowest BCUT2D eigenvalue weighted by atomic mass is 9.96. The molecule has 148 valence electrons. The Labute approximate surface area is 157 Å². The van der Waals surface area contributed by atoms with E-state index in [2.05, 4.69) is 5.32 Å². The Kier molecular flexibility index (Phi) is 6.50. The Morgan fingerprint density at radius 1 is 1.07 bits per heavy atom. The van der Waals surface area contributed by atoms with E-state index in [9.17, 15) is 27.2 Å². The predicted molar refractivity (Wildman–Crippen MR) is 93.7 cm³/mol. The molecular weight excluding hydrogens is 380 g/mol. The number of benzene rings is 2. The minimum absolute atomic E-state index is 0.0773. The van der Waals surface area contributed by atoms with Gasteiger partial charge >= 0.3 is 5.97 Å². The Balaban J connectivity index is 2.17. The molecule has 0 amide bonds. The van der Waals surface area contributed by atoms with E-state index >= 15 is 0 Å². The summed E-state index contributed by atoms with van der Waals surface area (Å²) < 4.78 is 54.9. The molecule has 0 aliphatic rings. The van der Waals surface area contributed by atoms with Crippen molar-refractivity contribution in [3.63, 3.8) is 0 Å². The molecule has 0 radical (unpaired) electrons. The highest BCUT2D eigenvalue weighted by Gasteiger charge is 2.22. The summed E-state index contributed by atoms with van der Waals surface area (Å²) >= 11 is 0. The molecule has 0 aliphatic carbocycles. The minimum Gasteiger partial charge on any atom is -0.481 e. The fourth-order valence-electron chi connectivity index (χ4n) is 2.63. The molecule has 1 atom stereocenters. The van der Waals surface area contributed by atoms with Gasteiger partial charge in [-0.2, -0.15) is 0 Å². The van der Waals surface area contributed by atoms with Gasteiger partial charge in [-0.1, -0.05) is 6.92 Å². The number of ketones is 1. The molecule has 9 heteroatoms. The smallest absolute Gasteiger partial charge is 0.310 e. The summed E-state index contributed by atoms with van der Waals surface area (Å²) in [5.74, 6) is -8.10. The van der Waals surface area contributed by atoms with E-state index in [1.165, 1.54) is 0 Å². The number of Topliss-reactive ketones (excluding diaryl/α,β-unsaturated/α-hetero) is 1. The van der Waals surface area contributed by atoms with Gasteiger partial charge in [-0.3, -0.25) is 15.0 Å². The van der Waals surface area contributed by atoms with Gasteiger partial charge in [0, 0.05) is 6.07 Å². The number of anilines is 1. The molecule has 5 nitrogen and oxygen atoms in total. The van der Waals surface area contributed by atoms with Crippen LogP contribution in [0.5, 0.6) is 0 Å². The highest BCUT2D eigenvalue weighted by atomic mass is 19.1. The molecule has 2 aromatic rings. The zero-order chi connectivity index (χ0) is 21.0. The van der Waals surface area contributed by atoms with Crippen molar-refractivity contribution >= 4 is 23.3 Å². The first-order chi connectivity index (χ1) is 13.1. The zero-order valence-corrected chi connectivity index (χ0v) is 14.7. The van der Waals surface area contributed by atoms with Crippen LogP contribution in [0.3, 0.4) is 0 Å². The number of hydrogen-bond donors (Lipinski definition) is 3. The molecule has 2 aromatic carbocycles. The second-order valence-corrected chi connectivity index (χ2v) is 5.99. The number of carbonyl (C=O) groups is 2. The van der Waals surface area contributed by atoms with Gasteiger partial charge in [-0.25, -0.2) is 17.6 Å². The molecule has 0 spiro atoms. The lowest BCUT2D eigenvalue weighted by molar-refractivity contribution is -0.138. The van der Waals surface area contributed by atoms with Gasteiger partial charge in [-0.05, 0) is 36.2 Å². The minimum atomic E-state index is -1.23. The van der Waals surface area contributed by atoms with Crippen LogP contribution in [0.2, 0.25) is 0 Å². The number of carbonyl (C=O) groups excluding carboxylic acids is 1. The molecule has 0 aromatic heterocycles. The summed E-state index contributed by atoms with van der Waals surface area (Å²) in [5, 5.41) is 18.9. The average molecular weight is 396 g/mol. The molecule has 1 unspecified atom stereocenters. The maximum atomic E-state index is 14.2. The summed E-state index contributed by atoms with van der Waals surface area (Å²) in [7, 11) is 0. The molecule has 0 heterocycles. The third-order valence-corrected chi connectivity index (χ3v) is 4.02. The van der Waals surface area contributed by atoms with Crippen molar-refractivity contribution in [2.45, 2.75) is 25.7 Å². The molecular formula is C19H16F4N2O3. The predicted octanol–water partition coefficient (Wildman–Crippen LogP) is 4.48. The van der Waals surface area contributed by atoms with Gasteiger partial charge in [0.15, 0.2) is 5.78 Å². The van der Waals surface area contributed by atoms with Crippen LogP contribution in [0.4, 0.5) is 23.2 Å². The molecule has 0 bridgehead atoms. The number of amidine groups is 1. The van der Waals surface area contributed by atoms with E-state index in [1.807, 2.05) is 0 Å². The van der Waals surface area contributed by atoms with Crippen molar-refractivity contribution < 1.29 is 32.3 Å². The van der Waals surface area contributed by atoms with Crippen LogP contribution < -0.4 is 5.32 Å². The number of rotatable bonds is 7. The normalized spacial score (nSPS) is 11.8. The summed E-state index contributed by atoms with van der Waals surface area (Å²) in [6.45, 7) is 1.55. The Bertz CT molecular complexity index is 924. The zero-order valence-electron chi connectivity index (χ0n) is 14.7. The third-order valence-electron chi connectivity index (χ3n) is 4.02. The standard InChI is InChI=1S/C19H16F4N2O3/c1-2-11(19(27)28)9-5-14(22)18(15(23)6-9)25-17(24)8-16(26)12-4-3-10(20)7-13(12)21/h3-7,11H,2,8H2,1H3,(H2,24,25)(H,27,28). The maximum Gasteiger partial charge on any atom is 0.310 e. The van der Waals surface area contributed by atoms with Crippen molar-refractivity contribution in [1.29, 1.82) is 5.41 Å². The number of halogens is 4. The molecule has 0 aliphatic heterocycles. The van der Waals surface area contributed by atoms with E-state index in [0.717, 1.165) is 24.3 Å². The van der Waals surface area contributed by atoms with E-state index < -0.39 is 64.4 Å². The Morgan fingerprint density at radius 2 is 1.68 bits per heavy atom. The van der Waals surface area contributed by atoms with Crippen molar-refractivity contribution in [3.8, 4) is 0 Å². The molecule has 28 heavy (non-hydrogen) atoms. The van der Waals surface area contributed by atoms with Gasteiger partial charge in [-0.15, -0.1) is 0 Å². The summed E-state index contributed by atoms with van der Waals surface area (Å²) in [5.41, 5.74) is -1.27. The summed E-state index contributed by atoms with van der Waals surface area (Å²) in [4.78, 5) is 23.1. The number of hydrogen-bond acceptors (Lipinski definition) is 3. The van der Waals surface area contributed by atoms with Crippen LogP contribution in [0, 0.1) is 28.7 Å². The summed E-state index contributed by atoms with van der Waals surface area (Å²) in [6, 6.07) is 3.96. The van der Waals surface area contributed by atoms with Crippen LogP contribution >= 0.6 is 0 Å². The van der Waals surface area contributed by atoms with Crippen LogP contribution in [0.1, 0.15) is 41.6 Å². The van der Waals surface area contributed by atoms with E-state index in [1.54, 1.807) is 6.92 Å². The largest absolute Gasteiger partial charge is 0.481 e. The average Bonchev–Trinajstić information content (AvgIpc) is 2.58. The van der Waals surface area contributed by atoms with Crippen LogP contribution in [-0.2, 0) is 4.79 Å². The lowest BCUT2D eigenvalue weighted by Crippen LogP contribution is -2.19. The Morgan fingerprint density at radius 3 is 2.18 bits per heavy atom. The number of carboxylic acids is 1. The number of aliphatic carboxylic acids is 1. The highest BCUT2D eigenvalue weighted by molar-refractivity contribution is 6.12. The van der Waals surface area contributed by atoms with Gasteiger partial charge in [0.05, 0.1) is 17.9 Å². The third kappa shape index (κ3) is 4.73. The maximum absolute atomic E-state index is 14.2. The van der Waals surface area contributed by atoms with Crippen LogP contribution in [-0.4, -0.2) is 22.7 Å².